The molecular weight excluding hydrogens is 459 g/mol. The SMILES string of the molecule is CS(=O)(=O)c1nc(C2=CN(Cc3ccc(-n4cccn4)cc3)C(O)C=C2)cc(C(F)(F)F)n1. The fourth-order valence-corrected chi connectivity index (χ4v) is 3.69. The minimum Gasteiger partial charge on any atom is -0.370 e. The standard InChI is InChI=1S/C21H18F3N5O3S/c1-33(31,32)20-26-17(11-18(27-20)21(22,23)24)15-5-8-19(30)28(13-15)12-14-3-6-16(7-4-14)29-10-2-9-25-29/h2-11,13,19,30H,12H2,1H3. The average molecular weight is 477 g/mol. The first-order valence-electron chi connectivity index (χ1n) is 9.60. The van der Waals surface area contributed by atoms with Gasteiger partial charge in [0.1, 0.15) is 11.9 Å². The van der Waals surface area contributed by atoms with Crippen molar-refractivity contribution in [1.82, 2.24) is 24.6 Å². The highest BCUT2D eigenvalue weighted by Gasteiger charge is 2.35. The number of hydrogen-bond acceptors (Lipinski definition) is 7. The van der Waals surface area contributed by atoms with Crippen LogP contribution in [0.5, 0.6) is 0 Å². The van der Waals surface area contributed by atoms with Crippen molar-refractivity contribution in [3.63, 3.8) is 0 Å². The highest BCUT2D eigenvalue weighted by molar-refractivity contribution is 7.90. The van der Waals surface area contributed by atoms with E-state index in [1.165, 1.54) is 23.3 Å². The molecule has 172 valence electrons. The lowest BCUT2D eigenvalue weighted by Crippen LogP contribution is -2.30. The summed E-state index contributed by atoms with van der Waals surface area (Å²) in [5.41, 5.74) is 0.277. The van der Waals surface area contributed by atoms with Gasteiger partial charge in [0.2, 0.25) is 15.0 Å². The zero-order valence-electron chi connectivity index (χ0n) is 17.2. The summed E-state index contributed by atoms with van der Waals surface area (Å²) in [5, 5.41) is 13.6. The van der Waals surface area contributed by atoms with Crippen LogP contribution < -0.4 is 0 Å². The lowest BCUT2D eigenvalue weighted by molar-refractivity contribution is -0.141. The first kappa shape index (κ1) is 22.7. The number of aromatic nitrogens is 4. The van der Waals surface area contributed by atoms with Gasteiger partial charge in [-0.2, -0.15) is 18.3 Å². The molecule has 1 N–H and O–H groups in total. The molecule has 1 atom stereocenters. The first-order valence-corrected chi connectivity index (χ1v) is 11.5. The Balaban J connectivity index is 1.65. The van der Waals surface area contributed by atoms with Crippen LogP contribution in [-0.4, -0.2) is 50.7 Å². The molecule has 33 heavy (non-hydrogen) atoms. The van der Waals surface area contributed by atoms with Crippen LogP contribution >= 0.6 is 0 Å². The van der Waals surface area contributed by atoms with Crippen molar-refractivity contribution < 1.29 is 26.7 Å². The summed E-state index contributed by atoms with van der Waals surface area (Å²) in [7, 11) is -4.09. The number of benzene rings is 1. The van der Waals surface area contributed by atoms with Crippen molar-refractivity contribution >= 4 is 15.4 Å². The van der Waals surface area contributed by atoms with Crippen LogP contribution in [0.4, 0.5) is 13.2 Å². The average Bonchev–Trinajstić information content (AvgIpc) is 3.29. The number of aliphatic hydroxyl groups excluding tert-OH is 1. The molecule has 1 aliphatic rings. The quantitative estimate of drug-likeness (QED) is 0.564. The first-order chi connectivity index (χ1) is 15.5. The number of aliphatic hydroxyl groups is 1. The minimum atomic E-state index is -4.86. The normalized spacial score (nSPS) is 16.7. The largest absolute Gasteiger partial charge is 0.433 e. The van der Waals surface area contributed by atoms with E-state index in [1.54, 1.807) is 23.1 Å². The number of nitrogens with zero attached hydrogens (tertiary/aromatic N) is 5. The number of sulfone groups is 1. The molecule has 3 aromatic rings. The lowest BCUT2D eigenvalue weighted by Gasteiger charge is -2.28. The van der Waals surface area contributed by atoms with Crippen molar-refractivity contribution in [2.45, 2.75) is 24.1 Å². The molecule has 12 heteroatoms. The molecule has 0 fully saturated rings. The van der Waals surface area contributed by atoms with Crippen molar-refractivity contribution in [3.8, 4) is 5.69 Å². The Kier molecular flexibility index (Phi) is 5.80. The van der Waals surface area contributed by atoms with Gasteiger partial charge in [0.05, 0.1) is 11.4 Å². The van der Waals surface area contributed by atoms with Gasteiger partial charge >= 0.3 is 6.18 Å². The van der Waals surface area contributed by atoms with Gasteiger partial charge < -0.3 is 10.0 Å². The molecule has 0 saturated heterocycles. The number of hydrogen-bond donors (Lipinski definition) is 1. The van der Waals surface area contributed by atoms with E-state index in [0.717, 1.165) is 17.5 Å². The molecule has 2 aromatic heterocycles. The Hall–Kier alpha value is -3.51. The summed E-state index contributed by atoms with van der Waals surface area (Å²) in [5.74, 6) is 0. The van der Waals surface area contributed by atoms with Gasteiger partial charge in [0, 0.05) is 37.0 Å². The Morgan fingerprint density at radius 1 is 1.15 bits per heavy atom. The summed E-state index contributed by atoms with van der Waals surface area (Å²) in [6, 6.07) is 9.84. The maximum absolute atomic E-state index is 13.3. The van der Waals surface area contributed by atoms with Crippen LogP contribution in [0.3, 0.4) is 0 Å². The van der Waals surface area contributed by atoms with Gasteiger partial charge in [-0.15, -0.1) is 0 Å². The van der Waals surface area contributed by atoms with E-state index < -0.39 is 33.1 Å². The van der Waals surface area contributed by atoms with Crippen molar-refractivity contribution in [2.75, 3.05) is 6.26 Å². The molecule has 0 amide bonds. The zero-order valence-corrected chi connectivity index (χ0v) is 18.0. The Morgan fingerprint density at radius 3 is 2.48 bits per heavy atom. The summed E-state index contributed by atoms with van der Waals surface area (Å²) in [4.78, 5) is 8.46. The van der Waals surface area contributed by atoms with Gasteiger partial charge in [0.15, 0.2) is 0 Å². The summed E-state index contributed by atoms with van der Waals surface area (Å²) in [6.07, 6.45) is 2.50. The summed E-state index contributed by atoms with van der Waals surface area (Å²) < 4.78 is 65.2. The second kappa shape index (κ2) is 8.45. The fourth-order valence-electron chi connectivity index (χ4n) is 3.16. The molecule has 1 aliphatic heterocycles. The maximum atomic E-state index is 13.3. The van der Waals surface area contributed by atoms with Crippen LogP contribution in [-0.2, 0) is 22.6 Å². The van der Waals surface area contributed by atoms with Crippen LogP contribution in [0.1, 0.15) is 17.0 Å². The van der Waals surface area contributed by atoms with Gasteiger partial charge in [-0.05, 0) is 35.9 Å². The van der Waals surface area contributed by atoms with Crippen molar-refractivity contribution in [1.29, 1.82) is 0 Å². The van der Waals surface area contributed by atoms with Gasteiger partial charge in [0.25, 0.3) is 0 Å². The van der Waals surface area contributed by atoms with E-state index in [4.69, 9.17) is 0 Å². The molecule has 8 nitrogen and oxygen atoms in total. The number of halogens is 3. The minimum absolute atomic E-state index is 0.200. The van der Waals surface area contributed by atoms with E-state index in [1.807, 2.05) is 24.3 Å². The fraction of sp³-hybridized carbons (Fsp3) is 0.190. The van der Waals surface area contributed by atoms with E-state index in [0.29, 0.717) is 6.07 Å². The zero-order chi connectivity index (χ0) is 23.8. The second-order valence-electron chi connectivity index (χ2n) is 7.34. The molecule has 1 unspecified atom stereocenters. The van der Waals surface area contributed by atoms with Crippen LogP contribution in [0.15, 0.2) is 72.3 Å². The second-order valence-corrected chi connectivity index (χ2v) is 9.25. The molecule has 0 aliphatic carbocycles. The number of rotatable bonds is 5. The third kappa shape index (κ3) is 5.12. The van der Waals surface area contributed by atoms with Crippen molar-refractivity contribution in [2.24, 2.45) is 0 Å². The molecule has 0 bridgehead atoms. The number of alkyl halides is 3. The molecule has 0 spiro atoms. The van der Waals surface area contributed by atoms with Crippen LogP contribution in [0, 0.1) is 0 Å². The van der Waals surface area contributed by atoms with Gasteiger partial charge in [-0.25, -0.2) is 23.1 Å². The van der Waals surface area contributed by atoms with E-state index >= 15 is 0 Å². The third-order valence-electron chi connectivity index (χ3n) is 4.79. The van der Waals surface area contributed by atoms with E-state index in [9.17, 15) is 26.7 Å². The molecule has 0 saturated carbocycles. The Bertz CT molecular complexity index is 1320. The topological polar surface area (TPSA) is 101 Å². The Labute approximate surface area is 187 Å². The highest BCUT2D eigenvalue weighted by Crippen LogP contribution is 2.31. The number of allylic oxidation sites excluding steroid dienone is 2. The summed E-state index contributed by atoms with van der Waals surface area (Å²) in [6.45, 7) is 0.241. The van der Waals surface area contributed by atoms with E-state index in [2.05, 4.69) is 15.1 Å². The van der Waals surface area contributed by atoms with E-state index in [-0.39, 0.29) is 17.8 Å². The predicted octanol–water partition coefficient (Wildman–Crippen LogP) is 2.82. The summed E-state index contributed by atoms with van der Waals surface area (Å²) >= 11 is 0. The molecule has 1 aromatic carbocycles. The van der Waals surface area contributed by atoms with Gasteiger partial charge in [-0.3, -0.25) is 0 Å². The van der Waals surface area contributed by atoms with Crippen LogP contribution in [0.25, 0.3) is 11.3 Å². The van der Waals surface area contributed by atoms with Crippen LogP contribution in [0.2, 0.25) is 0 Å². The monoisotopic (exact) mass is 477 g/mol. The predicted molar refractivity (Wildman–Crippen MR) is 112 cm³/mol. The van der Waals surface area contributed by atoms with Crippen molar-refractivity contribution in [3.05, 3.63) is 84.1 Å². The van der Waals surface area contributed by atoms with Gasteiger partial charge in [-0.1, -0.05) is 18.2 Å². The molecule has 4 rings (SSSR count). The Morgan fingerprint density at radius 2 is 1.88 bits per heavy atom. The lowest BCUT2D eigenvalue weighted by atomic mass is 10.1. The molecule has 3 heterocycles. The highest BCUT2D eigenvalue weighted by atomic mass is 32.2. The molecular formula is C21H18F3N5O3S. The molecule has 0 radical (unpaired) electrons. The third-order valence-corrected chi connectivity index (χ3v) is 5.63. The smallest absolute Gasteiger partial charge is 0.370 e. The maximum Gasteiger partial charge on any atom is 0.433 e.